The summed E-state index contributed by atoms with van der Waals surface area (Å²) in [5.74, 6) is 1.56. The summed E-state index contributed by atoms with van der Waals surface area (Å²) >= 11 is 0. The van der Waals surface area contributed by atoms with Gasteiger partial charge in [-0.1, -0.05) is 25.8 Å². The first kappa shape index (κ1) is 16.8. The minimum Gasteiger partial charge on any atom is -0.493 e. The first-order valence-electron chi connectivity index (χ1n) is 7.35. The van der Waals surface area contributed by atoms with Gasteiger partial charge in [-0.2, -0.15) is 0 Å². The molecule has 0 heterocycles. The normalized spacial score (nSPS) is 12.2. The molecule has 114 valence electrons. The van der Waals surface area contributed by atoms with Crippen LogP contribution in [0.2, 0.25) is 0 Å². The number of methoxy groups -OCH3 is 1. The average molecular weight is 281 g/mol. The van der Waals surface area contributed by atoms with Gasteiger partial charge in [0.05, 0.1) is 20.3 Å². The van der Waals surface area contributed by atoms with Gasteiger partial charge in [0, 0.05) is 12.6 Å². The lowest BCUT2D eigenvalue weighted by molar-refractivity contribution is 0.251. The molecule has 0 radical (unpaired) electrons. The lowest BCUT2D eigenvalue weighted by Crippen LogP contribution is -2.28. The Labute approximate surface area is 122 Å². The molecule has 1 atom stereocenters. The highest BCUT2D eigenvalue weighted by molar-refractivity contribution is 5.42. The van der Waals surface area contributed by atoms with E-state index in [0.717, 1.165) is 23.5 Å². The van der Waals surface area contributed by atoms with Gasteiger partial charge in [-0.3, -0.25) is 0 Å². The maximum atomic E-state index is 9.01. The van der Waals surface area contributed by atoms with Crippen molar-refractivity contribution >= 4 is 0 Å². The fourth-order valence-electron chi connectivity index (χ4n) is 1.83. The van der Waals surface area contributed by atoms with Crippen molar-refractivity contribution in [3.8, 4) is 11.5 Å². The van der Waals surface area contributed by atoms with Crippen molar-refractivity contribution < 1.29 is 14.6 Å². The molecular formula is C16H27NO3. The SMILES string of the molecule is CCCCCOc1cc(CN[C@H](C)CO)ccc1OC. The van der Waals surface area contributed by atoms with E-state index in [9.17, 15) is 0 Å². The molecule has 0 amide bonds. The molecule has 0 bridgehead atoms. The van der Waals surface area contributed by atoms with E-state index in [1.165, 1.54) is 12.8 Å². The van der Waals surface area contributed by atoms with Crippen molar-refractivity contribution in [2.75, 3.05) is 20.3 Å². The van der Waals surface area contributed by atoms with Gasteiger partial charge in [-0.05, 0) is 31.0 Å². The molecule has 0 aliphatic carbocycles. The van der Waals surface area contributed by atoms with Crippen molar-refractivity contribution in [3.63, 3.8) is 0 Å². The van der Waals surface area contributed by atoms with E-state index < -0.39 is 0 Å². The second-order valence-corrected chi connectivity index (χ2v) is 5.01. The van der Waals surface area contributed by atoms with Gasteiger partial charge >= 0.3 is 0 Å². The fourth-order valence-corrected chi connectivity index (χ4v) is 1.83. The number of nitrogens with one attached hydrogen (secondary N) is 1. The Balaban J connectivity index is 2.60. The third kappa shape index (κ3) is 5.80. The molecule has 0 aromatic heterocycles. The number of hydrogen-bond donors (Lipinski definition) is 2. The van der Waals surface area contributed by atoms with E-state index in [2.05, 4.69) is 12.2 Å². The van der Waals surface area contributed by atoms with Gasteiger partial charge < -0.3 is 19.9 Å². The largest absolute Gasteiger partial charge is 0.493 e. The van der Waals surface area contributed by atoms with Crippen LogP contribution < -0.4 is 14.8 Å². The number of unbranched alkanes of at least 4 members (excludes halogenated alkanes) is 2. The smallest absolute Gasteiger partial charge is 0.161 e. The van der Waals surface area contributed by atoms with Crippen molar-refractivity contribution in [2.45, 2.75) is 45.7 Å². The number of rotatable bonds is 10. The molecule has 20 heavy (non-hydrogen) atoms. The summed E-state index contributed by atoms with van der Waals surface area (Å²) in [6.45, 7) is 5.68. The minimum atomic E-state index is 0.0889. The molecule has 0 saturated heterocycles. The van der Waals surface area contributed by atoms with Gasteiger partial charge in [0.1, 0.15) is 0 Å². The predicted octanol–water partition coefficient (Wildman–Crippen LogP) is 2.73. The molecule has 1 rings (SSSR count). The molecule has 0 fully saturated rings. The minimum absolute atomic E-state index is 0.0889. The first-order chi connectivity index (χ1) is 9.71. The standard InChI is InChI=1S/C16H27NO3/c1-4-5-6-9-20-16-10-14(7-8-15(16)19-3)11-17-13(2)12-18/h7-8,10,13,17-18H,4-6,9,11-12H2,1-3H3/t13-/m1/s1. The highest BCUT2D eigenvalue weighted by Gasteiger charge is 2.07. The van der Waals surface area contributed by atoms with E-state index in [-0.39, 0.29) is 12.6 Å². The second-order valence-electron chi connectivity index (χ2n) is 5.01. The van der Waals surface area contributed by atoms with E-state index in [4.69, 9.17) is 14.6 Å². The summed E-state index contributed by atoms with van der Waals surface area (Å²) < 4.78 is 11.1. The van der Waals surface area contributed by atoms with Crippen molar-refractivity contribution in [3.05, 3.63) is 23.8 Å². The van der Waals surface area contributed by atoms with Crippen LogP contribution in [0.1, 0.15) is 38.7 Å². The van der Waals surface area contributed by atoms with Crippen LogP contribution in [0.25, 0.3) is 0 Å². The summed E-state index contributed by atoms with van der Waals surface area (Å²) in [5.41, 5.74) is 1.12. The maximum Gasteiger partial charge on any atom is 0.161 e. The highest BCUT2D eigenvalue weighted by Crippen LogP contribution is 2.28. The zero-order chi connectivity index (χ0) is 14.8. The monoisotopic (exact) mass is 281 g/mol. The quantitative estimate of drug-likeness (QED) is 0.648. The van der Waals surface area contributed by atoms with Crippen LogP contribution in [-0.2, 0) is 6.54 Å². The second kappa shape index (κ2) is 9.61. The van der Waals surface area contributed by atoms with Gasteiger partial charge in [0.2, 0.25) is 0 Å². The molecule has 0 aliphatic heterocycles. The number of aliphatic hydroxyl groups is 1. The van der Waals surface area contributed by atoms with E-state index >= 15 is 0 Å². The predicted molar refractivity (Wildman–Crippen MR) is 81.4 cm³/mol. The number of aliphatic hydroxyl groups excluding tert-OH is 1. The Hall–Kier alpha value is -1.26. The zero-order valence-corrected chi connectivity index (χ0v) is 12.8. The van der Waals surface area contributed by atoms with Crippen molar-refractivity contribution in [2.24, 2.45) is 0 Å². The van der Waals surface area contributed by atoms with E-state index in [1.54, 1.807) is 7.11 Å². The van der Waals surface area contributed by atoms with Crippen LogP contribution in [0.3, 0.4) is 0 Å². The fraction of sp³-hybridized carbons (Fsp3) is 0.625. The Morgan fingerprint density at radius 3 is 2.70 bits per heavy atom. The average Bonchev–Trinajstić information content (AvgIpc) is 2.49. The summed E-state index contributed by atoms with van der Waals surface area (Å²) in [5, 5.41) is 12.3. The van der Waals surface area contributed by atoms with Crippen molar-refractivity contribution in [1.82, 2.24) is 5.32 Å². The van der Waals surface area contributed by atoms with Gasteiger partial charge in [-0.15, -0.1) is 0 Å². The topological polar surface area (TPSA) is 50.7 Å². The highest BCUT2D eigenvalue weighted by atomic mass is 16.5. The van der Waals surface area contributed by atoms with Crippen LogP contribution in [-0.4, -0.2) is 31.5 Å². The molecule has 0 spiro atoms. The number of hydrogen-bond acceptors (Lipinski definition) is 4. The van der Waals surface area contributed by atoms with Gasteiger partial charge in [0.15, 0.2) is 11.5 Å². The van der Waals surface area contributed by atoms with Crippen LogP contribution in [0.4, 0.5) is 0 Å². The molecule has 2 N–H and O–H groups in total. The lowest BCUT2D eigenvalue weighted by Gasteiger charge is -2.14. The van der Waals surface area contributed by atoms with Gasteiger partial charge in [-0.25, -0.2) is 0 Å². The van der Waals surface area contributed by atoms with E-state index in [0.29, 0.717) is 13.2 Å². The third-order valence-electron chi connectivity index (χ3n) is 3.16. The van der Waals surface area contributed by atoms with E-state index in [1.807, 2.05) is 25.1 Å². The summed E-state index contributed by atoms with van der Waals surface area (Å²) in [6, 6.07) is 6.03. The lowest BCUT2D eigenvalue weighted by atomic mass is 10.2. The third-order valence-corrected chi connectivity index (χ3v) is 3.16. The Bertz CT molecular complexity index is 382. The Morgan fingerprint density at radius 1 is 1.25 bits per heavy atom. The first-order valence-corrected chi connectivity index (χ1v) is 7.35. The van der Waals surface area contributed by atoms with Crippen LogP contribution in [0.5, 0.6) is 11.5 Å². The van der Waals surface area contributed by atoms with Crippen molar-refractivity contribution in [1.29, 1.82) is 0 Å². The molecule has 1 aromatic carbocycles. The summed E-state index contributed by atoms with van der Waals surface area (Å²) in [6.07, 6.45) is 3.42. The summed E-state index contributed by atoms with van der Waals surface area (Å²) in [7, 11) is 1.65. The van der Waals surface area contributed by atoms with Crippen LogP contribution in [0.15, 0.2) is 18.2 Å². The molecule has 0 saturated carbocycles. The molecule has 1 aromatic rings. The molecule has 4 heteroatoms. The molecule has 0 unspecified atom stereocenters. The molecular weight excluding hydrogens is 254 g/mol. The molecule has 0 aliphatic rings. The Kier molecular flexibility index (Phi) is 8.07. The van der Waals surface area contributed by atoms with Crippen LogP contribution >= 0.6 is 0 Å². The Morgan fingerprint density at radius 2 is 2.05 bits per heavy atom. The number of ether oxygens (including phenoxy) is 2. The van der Waals surface area contributed by atoms with Crippen LogP contribution in [0, 0.1) is 0 Å². The number of benzene rings is 1. The maximum absolute atomic E-state index is 9.01. The summed E-state index contributed by atoms with van der Waals surface area (Å²) in [4.78, 5) is 0. The molecule has 4 nitrogen and oxygen atoms in total. The zero-order valence-electron chi connectivity index (χ0n) is 12.8. The van der Waals surface area contributed by atoms with Gasteiger partial charge in [0.25, 0.3) is 0 Å².